The minimum atomic E-state index is -3.89. The second kappa shape index (κ2) is 6.13. The highest BCUT2D eigenvalue weighted by Gasteiger charge is 2.40. The molecule has 6 heteroatoms. The van der Waals surface area contributed by atoms with Gasteiger partial charge in [-0.3, -0.25) is 9.10 Å². The summed E-state index contributed by atoms with van der Waals surface area (Å²) in [6, 6.07) is 14.6. The Morgan fingerprint density at radius 3 is 2.33 bits per heavy atom. The van der Waals surface area contributed by atoms with Crippen molar-refractivity contribution in [2.75, 3.05) is 6.54 Å². The van der Waals surface area contributed by atoms with Crippen molar-refractivity contribution in [3.63, 3.8) is 0 Å². The van der Waals surface area contributed by atoms with Gasteiger partial charge in [0.25, 0.3) is 10.0 Å². The minimum absolute atomic E-state index is 0.0203. The Hall–Kier alpha value is -2.60. The van der Waals surface area contributed by atoms with E-state index in [1.165, 1.54) is 12.1 Å². The first kappa shape index (κ1) is 16.3. The SMILES string of the molecule is CCCN1/C(=C(/O)c2ccccc2)C(=O)c2ccccc2S1(=O)=O. The summed E-state index contributed by atoms with van der Waals surface area (Å²) in [5.41, 5.74) is 0.292. The quantitative estimate of drug-likeness (QED) is 0.686. The first-order chi connectivity index (χ1) is 11.5. The average molecular weight is 343 g/mol. The molecule has 0 unspecified atom stereocenters. The number of allylic oxidation sites excluding steroid dienone is 1. The van der Waals surface area contributed by atoms with Gasteiger partial charge < -0.3 is 5.11 Å². The van der Waals surface area contributed by atoms with Crippen molar-refractivity contribution in [2.45, 2.75) is 18.2 Å². The largest absolute Gasteiger partial charge is 0.505 e. The summed E-state index contributed by atoms with van der Waals surface area (Å²) in [7, 11) is -3.89. The Balaban J connectivity index is 2.31. The number of carbonyl (C=O) groups excluding carboxylic acids is 1. The van der Waals surface area contributed by atoms with Crippen LogP contribution >= 0.6 is 0 Å². The zero-order valence-electron chi connectivity index (χ0n) is 13.1. The van der Waals surface area contributed by atoms with Gasteiger partial charge in [0.2, 0.25) is 5.78 Å². The smallest absolute Gasteiger partial charge is 0.265 e. The lowest BCUT2D eigenvalue weighted by Gasteiger charge is -2.31. The lowest BCUT2D eigenvalue weighted by molar-refractivity contribution is 0.0998. The number of ketones is 1. The summed E-state index contributed by atoms with van der Waals surface area (Å²) < 4.78 is 26.8. The molecule has 0 fully saturated rings. The minimum Gasteiger partial charge on any atom is -0.505 e. The van der Waals surface area contributed by atoms with Crippen LogP contribution in [-0.2, 0) is 10.0 Å². The van der Waals surface area contributed by atoms with Gasteiger partial charge >= 0.3 is 0 Å². The lowest BCUT2D eigenvalue weighted by Crippen LogP contribution is -2.40. The van der Waals surface area contributed by atoms with Crippen molar-refractivity contribution in [3.05, 3.63) is 71.4 Å². The van der Waals surface area contributed by atoms with Crippen molar-refractivity contribution in [2.24, 2.45) is 0 Å². The molecule has 1 heterocycles. The fraction of sp³-hybridized carbons (Fsp3) is 0.167. The van der Waals surface area contributed by atoms with E-state index in [9.17, 15) is 18.3 Å². The fourth-order valence-electron chi connectivity index (χ4n) is 2.75. The normalized spacial score (nSPS) is 18.2. The van der Waals surface area contributed by atoms with E-state index in [4.69, 9.17) is 0 Å². The van der Waals surface area contributed by atoms with Gasteiger partial charge in [0.1, 0.15) is 5.70 Å². The number of rotatable bonds is 3. The monoisotopic (exact) mass is 343 g/mol. The predicted octanol–water partition coefficient (Wildman–Crippen LogP) is 3.21. The van der Waals surface area contributed by atoms with E-state index in [1.54, 1.807) is 42.5 Å². The summed E-state index contributed by atoms with van der Waals surface area (Å²) in [5, 5.41) is 10.6. The van der Waals surface area contributed by atoms with Gasteiger partial charge in [0, 0.05) is 17.7 Å². The molecule has 0 saturated heterocycles. The van der Waals surface area contributed by atoms with Crippen LogP contribution in [0.1, 0.15) is 29.3 Å². The maximum Gasteiger partial charge on any atom is 0.265 e. The summed E-state index contributed by atoms with van der Waals surface area (Å²) in [6.45, 7) is 1.94. The van der Waals surface area contributed by atoms with E-state index >= 15 is 0 Å². The van der Waals surface area contributed by atoms with Gasteiger partial charge in [-0.05, 0) is 18.6 Å². The van der Waals surface area contributed by atoms with E-state index < -0.39 is 15.8 Å². The number of hydrogen-bond donors (Lipinski definition) is 1. The molecule has 1 aliphatic heterocycles. The molecule has 0 amide bonds. The van der Waals surface area contributed by atoms with Gasteiger partial charge in [-0.2, -0.15) is 0 Å². The first-order valence-corrected chi connectivity index (χ1v) is 9.07. The number of aliphatic hydroxyl groups is 1. The summed E-state index contributed by atoms with van der Waals surface area (Å²) in [6.07, 6.45) is 0.514. The van der Waals surface area contributed by atoms with Crippen molar-refractivity contribution in [1.82, 2.24) is 4.31 Å². The molecule has 2 aromatic carbocycles. The van der Waals surface area contributed by atoms with E-state index in [1.807, 2.05) is 6.92 Å². The number of benzene rings is 2. The number of nitrogens with zero attached hydrogens (tertiary/aromatic N) is 1. The Morgan fingerprint density at radius 2 is 1.67 bits per heavy atom. The molecular weight excluding hydrogens is 326 g/mol. The maximum atomic E-state index is 12.9. The van der Waals surface area contributed by atoms with Crippen LogP contribution < -0.4 is 0 Å². The highest BCUT2D eigenvalue weighted by molar-refractivity contribution is 7.89. The number of fused-ring (bicyclic) bond motifs is 1. The van der Waals surface area contributed by atoms with E-state index in [2.05, 4.69) is 0 Å². The second-order valence-corrected chi connectivity index (χ2v) is 7.30. The molecule has 0 spiro atoms. The van der Waals surface area contributed by atoms with Gasteiger partial charge in [-0.25, -0.2) is 8.42 Å². The third kappa shape index (κ3) is 2.49. The van der Waals surface area contributed by atoms with Crippen LogP contribution in [0.15, 0.2) is 65.2 Å². The molecule has 0 aromatic heterocycles. The molecule has 2 aromatic rings. The van der Waals surface area contributed by atoms with Gasteiger partial charge in [-0.15, -0.1) is 0 Å². The molecule has 0 radical (unpaired) electrons. The maximum absolute atomic E-state index is 12.9. The zero-order chi connectivity index (χ0) is 17.3. The van der Waals surface area contributed by atoms with Gasteiger partial charge in [0.15, 0.2) is 5.76 Å². The number of aliphatic hydroxyl groups excluding tert-OH is 1. The van der Waals surface area contributed by atoms with Crippen LogP contribution in [0.25, 0.3) is 5.76 Å². The highest BCUT2D eigenvalue weighted by atomic mass is 32.2. The van der Waals surface area contributed by atoms with E-state index in [-0.39, 0.29) is 28.5 Å². The number of hydrogen-bond acceptors (Lipinski definition) is 4. The Labute approximate surface area is 140 Å². The summed E-state index contributed by atoms with van der Waals surface area (Å²) in [4.78, 5) is 12.9. The van der Waals surface area contributed by atoms with Crippen molar-refractivity contribution < 1.29 is 18.3 Å². The van der Waals surface area contributed by atoms with Crippen LogP contribution in [0.5, 0.6) is 0 Å². The lowest BCUT2D eigenvalue weighted by atomic mass is 10.0. The van der Waals surface area contributed by atoms with Crippen LogP contribution in [0, 0.1) is 0 Å². The third-order valence-corrected chi connectivity index (χ3v) is 5.72. The van der Waals surface area contributed by atoms with Crippen LogP contribution in [0.2, 0.25) is 0 Å². The molecule has 5 nitrogen and oxygen atoms in total. The van der Waals surface area contributed by atoms with Crippen molar-refractivity contribution >= 4 is 21.6 Å². The molecule has 24 heavy (non-hydrogen) atoms. The molecular formula is C18H17NO4S. The summed E-state index contributed by atoms with van der Waals surface area (Å²) in [5.74, 6) is -0.817. The standard InChI is InChI=1S/C18H17NO4S/c1-2-12-19-16(17(20)13-8-4-3-5-9-13)18(21)14-10-6-7-11-15(14)24(19,22)23/h3-11,20H,2,12H2,1H3/b17-16+. The van der Waals surface area contributed by atoms with Crippen LogP contribution in [-0.4, -0.2) is 30.2 Å². The predicted molar refractivity (Wildman–Crippen MR) is 90.9 cm³/mol. The van der Waals surface area contributed by atoms with Crippen LogP contribution in [0.3, 0.4) is 0 Å². The van der Waals surface area contributed by atoms with Crippen LogP contribution in [0.4, 0.5) is 0 Å². The van der Waals surface area contributed by atoms with E-state index in [0.29, 0.717) is 12.0 Å². The molecule has 0 atom stereocenters. The molecule has 3 rings (SSSR count). The topological polar surface area (TPSA) is 74.7 Å². The number of carbonyl (C=O) groups is 1. The molecule has 0 bridgehead atoms. The van der Waals surface area contributed by atoms with Crippen molar-refractivity contribution in [3.8, 4) is 0 Å². The van der Waals surface area contributed by atoms with Gasteiger partial charge in [0.05, 0.1) is 4.90 Å². The van der Waals surface area contributed by atoms with E-state index in [0.717, 1.165) is 4.31 Å². The highest BCUT2D eigenvalue weighted by Crippen LogP contribution is 2.35. The number of sulfonamides is 1. The average Bonchev–Trinajstić information content (AvgIpc) is 2.60. The molecule has 1 aliphatic rings. The Bertz CT molecular complexity index is 917. The van der Waals surface area contributed by atoms with Crippen molar-refractivity contribution in [1.29, 1.82) is 0 Å². The molecule has 0 saturated carbocycles. The summed E-state index contributed by atoms with van der Waals surface area (Å²) >= 11 is 0. The Kier molecular flexibility index (Phi) is 4.15. The zero-order valence-corrected chi connectivity index (χ0v) is 14.0. The second-order valence-electron chi connectivity index (χ2n) is 5.47. The molecule has 0 aliphatic carbocycles. The fourth-order valence-corrected chi connectivity index (χ4v) is 4.51. The first-order valence-electron chi connectivity index (χ1n) is 7.63. The van der Waals surface area contributed by atoms with Gasteiger partial charge in [-0.1, -0.05) is 49.4 Å². The Morgan fingerprint density at radius 1 is 1.04 bits per heavy atom. The molecule has 124 valence electrons. The molecule has 1 N–H and O–H groups in total. The third-order valence-electron chi connectivity index (χ3n) is 3.86. The number of Topliss-reactive ketones (excluding diaryl/α,β-unsaturated/α-hetero) is 1.